The smallest absolute Gasteiger partial charge is 0.337 e. The van der Waals surface area contributed by atoms with Gasteiger partial charge in [-0.15, -0.1) is 0 Å². The van der Waals surface area contributed by atoms with Crippen molar-refractivity contribution >= 4 is 17.3 Å². The van der Waals surface area contributed by atoms with Gasteiger partial charge in [-0.3, -0.25) is 10.1 Å². The molecule has 0 aliphatic heterocycles. The standard InChI is InChI=1S/C11H15N3O4.C2H6/c1-18-11(15)8-3-4-10(14(16)17)9(7-8)13-6-2-5-12;1-2/h3-4,7,13H,2,5-6,12H2,1H3;1-2H3. The number of esters is 1. The first-order chi connectivity index (χ1) is 9.60. The van der Waals surface area contributed by atoms with Crippen molar-refractivity contribution in [2.45, 2.75) is 20.3 Å². The van der Waals surface area contributed by atoms with Gasteiger partial charge in [0.15, 0.2) is 0 Å². The predicted octanol–water partition coefficient (Wildman–Crippen LogP) is 2.17. The van der Waals surface area contributed by atoms with E-state index >= 15 is 0 Å². The largest absolute Gasteiger partial charge is 0.465 e. The molecule has 0 unspecified atom stereocenters. The van der Waals surface area contributed by atoms with Crippen LogP contribution in [0, 0.1) is 10.1 Å². The molecule has 0 saturated heterocycles. The highest BCUT2D eigenvalue weighted by Gasteiger charge is 2.16. The molecular weight excluding hydrogens is 262 g/mol. The Morgan fingerprint density at radius 2 is 2.10 bits per heavy atom. The molecule has 0 amide bonds. The van der Waals surface area contributed by atoms with Crippen LogP contribution >= 0.6 is 0 Å². The molecular formula is C13H21N3O4. The van der Waals surface area contributed by atoms with Gasteiger partial charge in [0.05, 0.1) is 17.6 Å². The minimum atomic E-state index is -0.535. The molecule has 0 aliphatic rings. The number of methoxy groups -OCH3 is 1. The number of carbonyl (C=O) groups is 1. The number of hydrogen-bond donors (Lipinski definition) is 2. The van der Waals surface area contributed by atoms with E-state index in [4.69, 9.17) is 5.73 Å². The maximum absolute atomic E-state index is 11.3. The van der Waals surface area contributed by atoms with Crippen molar-refractivity contribution in [3.05, 3.63) is 33.9 Å². The van der Waals surface area contributed by atoms with Gasteiger partial charge in [0.25, 0.3) is 5.69 Å². The summed E-state index contributed by atoms with van der Waals surface area (Å²) in [5.74, 6) is -0.535. The van der Waals surface area contributed by atoms with E-state index in [0.717, 1.165) is 0 Å². The molecule has 0 fully saturated rings. The zero-order valence-corrected chi connectivity index (χ0v) is 12.0. The van der Waals surface area contributed by atoms with E-state index < -0.39 is 10.9 Å². The van der Waals surface area contributed by atoms with Gasteiger partial charge in [-0.1, -0.05) is 13.8 Å². The lowest BCUT2D eigenvalue weighted by Gasteiger charge is -2.07. The van der Waals surface area contributed by atoms with Crippen molar-refractivity contribution in [1.82, 2.24) is 0 Å². The molecule has 0 heterocycles. The number of nitrogens with zero attached hydrogens (tertiary/aromatic N) is 1. The number of benzene rings is 1. The summed E-state index contributed by atoms with van der Waals surface area (Å²) in [7, 11) is 1.26. The molecule has 0 spiro atoms. The van der Waals surface area contributed by atoms with Crippen LogP contribution < -0.4 is 11.1 Å². The Hall–Kier alpha value is -2.15. The second-order valence-electron chi connectivity index (χ2n) is 3.55. The number of anilines is 1. The Kier molecular flexibility index (Phi) is 8.69. The Bertz CT molecular complexity index is 449. The van der Waals surface area contributed by atoms with E-state index in [1.807, 2.05) is 13.8 Å². The summed E-state index contributed by atoms with van der Waals surface area (Å²) in [6.07, 6.45) is 0.680. The van der Waals surface area contributed by atoms with Crippen LogP contribution in [0.2, 0.25) is 0 Å². The summed E-state index contributed by atoms with van der Waals surface area (Å²) < 4.78 is 4.56. The van der Waals surface area contributed by atoms with Crippen molar-refractivity contribution in [2.75, 3.05) is 25.5 Å². The second kappa shape index (κ2) is 9.74. The van der Waals surface area contributed by atoms with Crippen molar-refractivity contribution < 1.29 is 14.5 Å². The molecule has 20 heavy (non-hydrogen) atoms. The van der Waals surface area contributed by atoms with Crippen LogP contribution in [0.4, 0.5) is 11.4 Å². The van der Waals surface area contributed by atoms with Gasteiger partial charge in [-0.25, -0.2) is 4.79 Å². The van der Waals surface area contributed by atoms with Crippen molar-refractivity contribution in [1.29, 1.82) is 0 Å². The molecule has 0 saturated carbocycles. The molecule has 1 aromatic rings. The quantitative estimate of drug-likeness (QED) is 0.358. The fraction of sp³-hybridized carbons (Fsp3) is 0.462. The molecule has 7 heteroatoms. The summed E-state index contributed by atoms with van der Waals surface area (Å²) in [5.41, 5.74) is 5.81. The van der Waals surface area contributed by atoms with Gasteiger partial charge < -0.3 is 15.8 Å². The fourth-order valence-electron chi connectivity index (χ4n) is 1.41. The Labute approximate surface area is 118 Å². The monoisotopic (exact) mass is 283 g/mol. The molecule has 7 nitrogen and oxygen atoms in total. The SMILES string of the molecule is CC.COC(=O)c1ccc([N+](=O)[O-])c(NCCCN)c1. The topological polar surface area (TPSA) is 107 Å². The predicted molar refractivity (Wildman–Crippen MR) is 77.9 cm³/mol. The van der Waals surface area contributed by atoms with Crippen molar-refractivity contribution in [2.24, 2.45) is 5.73 Å². The normalized spacial score (nSPS) is 9.20. The third-order valence-corrected chi connectivity index (χ3v) is 2.31. The summed E-state index contributed by atoms with van der Waals surface area (Å²) in [4.78, 5) is 21.7. The van der Waals surface area contributed by atoms with Gasteiger partial charge in [-0.05, 0) is 25.1 Å². The van der Waals surface area contributed by atoms with Crippen molar-refractivity contribution in [3.63, 3.8) is 0 Å². The number of nitro groups is 1. The Morgan fingerprint density at radius 3 is 2.60 bits per heavy atom. The highest BCUT2D eigenvalue weighted by Crippen LogP contribution is 2.25. The van der Waals surface area contributed by atoms with Gasteiger partial charge in [0.2, 0.25) is 0 Å². The first kappa shape index (κ1) is 17.8. The minimum Gasteiger partial charge on any atom is -0.465 e. The molecule has 0 aromatic heterocycles. The van der Waals surface area contributed by atoms with Crippen LogP contribution in [0.25, 0.3) is 0 Å². The maximum Gasteiger partial charge on any atom is 0.337 e. The van der Waals surface area contributed by atoms with Crippen LogP contribution in [0.5, 0.6) is 0 Å². The summed E-state index contributed by atoms with van der Waals surface area (Å²) in [6.45, 7) is 4.99. The van der Waals surface area contributed by atoms with E-state index in [1.54, 1.807) is 0 Å². The Balaban J connectivity index is 0.00000172. The van der Waals surface area contributed by atoms with Crippen molar-refractivity contribution in [3.8, 4) is 0 Å². The fourth-order valence-corrected chi connectivity index (χ4v) is 1.41. The second-order valence-corrected chi connectivity index (χ2v) is 3.55. The highest BCUT2D eigenvalue weighted by atomic mass is 16.6. The molecule has 112 valence electrons. The molecule has 0 radical (unpaired) electrons. The van der Waals surface area contributed by atoms with E-state index in [-0.39, 0.29) is 16.9 Å². The number of nitrogens with one attached hydrogen (secondary N) is 1. The lowest BCUT2D eigenvalue weighted by atomic mass is 10.1. The van der Waals surface area contributed by atoms with Crippen LogP contribution in [0.3, 0.4) is 0 Å². The van der Waals surface area contributed by atoms with Crippen LogP contribution in [0.15, 0.2) is 18.2 Å². The number of nitro benzene ring substituents is 1. The number of nitrogens with two attached hydrogens (primary N) is 1. The summed E-state index contributed by atoms with van der Waals surface area (Å²) >= 11 is 0. The lowest BCUT2D eigenvalue weighted by Crippen LogP contribution is -2.10. The van der Waals surface area contributed by atoms with Gasteiger partial charge in [0.1, 0.15) is 5.69 Å². The van der Waals surface area contributed by atoms with E-state index in [9.17, 15) is 14.9 Å². The van der Waals surface area contributed by atoms with E-state index in [2.05, 4.69) is 10.1 Å². The number of ether oxygens (including phenoxy) is 1. The third kappa shape index (κ3) is 5.23. The van der Waals surface area contributed by atoms with Crippen LogP contribution in [0.1, 0.15) is 30.6 Å². The van der Waals surface area contributed by atoms with Crippen LogP contribution in [-0.2, 0) is 4.74 Å². The summed E-state index contributed by atoms with van der Waals surface area (Å²) in [6, 6.07) is 4.04. The molecule has 0 aliphatic carbocycles. The molecule has 3 N–H and O–H groups in total. The molecule has 1 rings (SSSR count). The van der Waals surface area contributed by atoms with E-state index in [1.165, 1.54) is 25.3 Å². The van der Waals surface area contributed by atoms with Gasteiger partial charge in [-0.2, -0.15) is 0 Å². The first-order valence-electron chi connectivity index (χ1n) is 6.41. The van der Waals surface area contributed by atoms with Gasteiger partial charge >= 0.3 is 5.97 Å². The third-order valence-electron chi connectivity index (χ3n) is 2.31. The number of carbonyl (C=O) groups excluding carboxylic acids is 1. The number of rotatable bonds is 6. The lowest BCUT2D eigenvalue weighted by molar-refractivity contribution is -0.384. The Morgan fingerprint density at radius 1 is 1.45 bits per heavy atom. The number of hydrogen-bond acceptors (Lipinski definition) is 6. The van der Waals surface area contributed by atoms with Gasteiger partial charge in [0, 0.05) is 12.6 Å². The highest BCUT2D eigenvalue weighted by molar-refractivity contribution is 5.91. The maximum atomic E-state index is 11.3. The average Bonchev–Trinajstić information content (AvgIpc) is 2.48. The first-order valence-corrected chi connectivity index (χ1v) is 6.41. The molecule has 0 bridgehead atoms. The summed E-state index contributed by atoms with van der Waals surface area (Å²) in [5, 5.41) is 13.7. The molecule has 1 aromatic carbocycles. The molecule has 0 atom stereocenters. The zero-order chi connectivity index (χ0) is 15.5. The van der Waals surface area contributed by atoms with Crippen LogP contribution in [-0.4, -0.2) is 31.1 Å². The zero-order valence-electron chi connectivity index (χ0n) is 12.0. The van der Waals surface area contributed by atoms with E-state index in [0.29, 0.717) is 19.5 Å². The minimum absolute atomic E-state index is 0.0836. The average molecular weight is 283 g/mol.